The van der Waals surface area contributed by atoms with Gasteiger partial charge in [-0.25, -0.2) is 9.78 Å². The summed E-state index contributed by atoms with van der Waals surface area (Å²) in [5, 5.41) is -0.0400. The highest BCUT2D eigenvalue weighted by Crippen LogP contribution is 2.33. The minimum Gasteiger partial charge on any atom is -0.472 e. The van der Waals surface area contributed by atoms with Crippen molar-refractivity contribution in [1.82, 2.24) is 9.88 Å². The van der Waals surface area contributed by atoms with Gasteiger partial charge in [0.15, 0.2) is 0 Å². The highest BCUT2D eigenvalue weighted by molar-refractivity contribution is 6.42. The van der Waals surface area contributed by atoms with Crippen LogP contribution in [0.5, 0.6) is 5.88 Å². The van der Waals surface area contributed by atoms with Crippen LogP contribution in [-0.4, -0.2) is 47.1 Å². The van der Waals surface area contributed by atoms with Crippen molar-refractivity contribution in [2.24, 2.45) is 5.73 Å². The van der Waals surface area contributed by atoms with Crippen LogP contribution in [0.4, 0.5) is 26.3 Å². The third kappa shape index (κ3) is 7.39. The topological polar surface area (TPSA) is 94.8 Å². The van der Waals surface area contributed by atoms with E-state index in [9.17, 15) is 35.9 Å². The molecule has 1 aromatic carbocycles. The van der Waals surface area contributed by atoms with Crippen LogP contribution >= 0.6 is 23.2 Å². The first-order valence-electron chi connectivity index (χ1n) is 10.7. The number of carbonyl (C=O) groups excluding carboxylic acids is 2. The Morgan fingerprint density at radius 3 is 2.41 bits per heavy atom. The normalized spacial score (nSPS) is 17.3. The Labute approximate surface area is 216 Å². The largest absolute Gasteiger partial charge is 0.490 e. The van der Waals surface area contributed by atoms with E-state index in [1.165, 1.54) is 18.2 Å². The Balaban J connectivity index is 1.83. The Morgan fingerprint density at radius 2 is 1.81 bits per heavy atom. The predicted octanol–water partition coefficient (Wildman–Crippen LogP) is 5.08. The summed E-state index contributed by atoms with van der Waals surface area (Å²) in [6.45, 7) is -0.382. The molecule has 0 bridgehead atoms. The number of nitrogens with zero attached hydrogens (tertiary/aromatic N) is 2. The first-order valence-corrected chi connectivity index (χ1v) is 11.4. The molecule has 0 spiro atoms. The van der Waals surface area contributed by atoms with E-state index >= 15 is 0 Å². The number of ether oxygens (including phenoxy) is 2. The molecular weight excluding hydrogens is 555 g/mol. The quantitative estimate of drug-likeness (QED) is 0.382. The molecule has 2 N–H and O–H groups in total. The molecule has 1 fully saturated rings. The van der Waals surface area contributed by atoms with Gasteiger partial charge in [-0.15, -0.1) is 0 Å². The highest BCUT2D eigenvalue weighted by Gasteiger charge is 2.45. The number of nitrogens with two attached hydrogens (primary N) is 1. The molecular formula is C22H19Cl2F6N3O4. The molecule has 0 saturated carbocycles. The van der Waals surface area contributed by atoms with Gasteiger partial charge in [-0.2, -0.15) is 26.3 Å². The van der Waals surface area contributed by atoms with Crippen LogP contribution in [-0.2, 0) is 27.0 Å². The van der Waals surface area contributed by atoms with E-state index in [1.807, 2.05) is 0 Å². The lowest BCUT2D eigenvalue weighted by atomic mass is 10.0. The van der Waals surface area contributed by atoms with Crippen LogP contribution in [0.2, 0.25) is 10.0 Å². The fourth-order valence-corrected chi connectivity index (χ4v) is 3.87. The molecule has 0 radical (unpaired) electrons. The van der Waals surface area contributed by atoms with Gasteiger partial charge in [0.25, 0.3) is 5.91 Å². The van der Waals surface area contributed by atoms with E-state index in [4.69, 9.17) is 33.7 Å². The smallest absolute Gasteiger partial charge is 0.472 e. The summed E-state index contributed by atoms with van der Waals surface area (Å²) < 4.78 is 88.3. The summed E-state index contributed by atoms with van der Waals surface area (Å²) in [5.41, 5.74) is 4.20. The fourth-order valence-electron chi connectivity index (χ4n) is 3.56. The van der Waals surface area contributed by atoms with Crippen molar-refractivity contribution in [2.45, 2.75) is 43.9 Å². The molecule has 37 heavy (non-hydrogen) atoms. The molecule has 15 heteroatoms. The third-order valence-electron chi connectivity index (χ3n) is 5.29. The Hall–Kier alpha value is -2.77. The van der Waals surface area contributed by atoms with E-state index < -0.39 is 42.1 Å². The molecule has 1 unspecified atom stereocenters. The van der Waals surface area contributed by atoms with E-state index in [-0.39, 0.29) is 46.7 Å². The maximum absolute atomic E-state index is 13.2. The molecule has 2 aromatic rings. The van der Waals surface area contributed by atoms with Crippen LogP contribution in [0.3, 0.4) is 0 Å². The van der Waals surface area contributed by atoms with E-state index in [0.717, 1.165) is 17.0 Å². The van der Waals surface area contributed by atoms with Gasteiger partial charge in [-0.05, 0) is 36.6 Å². The maximum atomic E-state index is 13.2. The molecule has 3 rings (SSSR count). The van der Waals surface area contributed by atoms with Crippen molar-refractivity contribution in [3.8, 4) is 5.88 Å². The van der Waals surface area contributed by atoms with E-state index in [1.54, 1.807) is 0 Å². The van der Waals surface area contributed by atoms with Gasteiger partial charge in [0, 0.05) is 24.7 Å². The lowest BCUT2D eigenvalue weighted by molar-refractivity contribution is -0.207. The predicted molar refractivity (Wildman–Crippen MR) is 119 cm³/mol. The summed E-state index contributed by atoms with van der Waals surface area (Å²) in [7, 11) is 0. The van der Waals surface area contributed by atoms with E-state index in [2.05, 4.69) is 9.72 Å². The minimum absolute atomic E-state index is 0.0515. The average Bonchev–Trinajstić information content (AvgIpc) is 2.82. The van der Waals surface area contributed by atoms with Gasteiger partial charge in [0.1, 0.15) is 11.8 Å². The van der Waals surface area contributed by atoms with Gasteiger partial charge in [0.2, 0.25) is 12.0 Å². The first kappa shape index (κ1) is 28.8. The monoisotopic (exact) mass is 573 g/mol. The summed E-state index contributed by atoms with van der Waals surface area (Å²) in [5.74, 6) is -3.98. The molecule has 2 atom stereocenters. The number of hydrogen-bond donors (Lipinski definition) is 1. The van der Waals surface area contributed by atoms with Gasteiger partial charge >= 0.3 is 18.3 Å². The summed E-state index contributed by atoms with van der Waals surface area (Å²) in [6, 6.07) is 5.49. The first-order chi connectivity index (χ1) is 17.2. The number of benzene rings is 1. The second-order valence-corrected chi connectivity index (χ2v) is 8.84. The standard InChI is InChI=1S/C22H19Cl2F6N3O4/c23-14-4-3-12(8-15(14)24)18(37-20(35)22(28,29)30)19(34)33-5-1-2-13(10-33)36-17-7-11(9-31)6-16(32-17)21(25,26)27/h3-4,6-8,13,18H,1-2,5,9-10,31H2/t13-,18?/m0/s1. The highest BCUT2D eigenvalue weighted by atomic mass is 35.5. The molecule has 2 heterocycles. The number of alkyl halides is 6. The van der Waals surface area contributed by atoms with Gasteiger partial charge in [-0.3, -0.25) is 4.79 Å². The maximum Gasteiger partial charge on any atom is 0.490 e. The third-order valence-corrected chi connectivity index (χ3v) is 6.03. The molecule has 1 aromatic heterocycles. The Morgan fingerprint density at radius 1 is 1.11 bits per heavy atom. The molecule has 1 aliphatic heterocycles. The summed E-state index contributed by atoms with van der Waals surface area (Å²) >= 11 is 11.8. The average molecular weight is 574 g/mol. The number of aromatic nitrogens is 1. The van der Waals surface area contributed by atoms with E-state index in [0.29, 0.717) is 12.8 Å². The second kappa shape index (κ2) is 11.3. The minimum atomic E-state index is -5.38. The van der Waals surface area contributed by atoms with Crippen LogP contribution < -0.4 is 10.5 Å². The summed E-state index contributed by atoms with van der Waals surface area (Å²) in [6.07, 6.45) is -12.4. The van der Waals surface area contributed by atoms with Crippen molar-refractivity contribution in [3.63, 3.8) is 0 Å². The second-order valence-electron chi connectivity index (χ2n) is 8.02. The number of halogens is 8. The Kier molecular flexibility index (Phi) is 8.81. The molecule has 1 amide bonds. The zero-order chi connectivity index (χ0) is 27.5. The number of carbonyl (C=O) groups is 2. The summed E-state index contributed by atoms with van der Waals surface area (Å²) in [4.78, 5) is 29.3. The Bertz CT molecular complexity index is 1160. The molecule has 7 nitrogen and oxygen atoms in total. The number of esters is 1. The molecule has 1 saturated heterocycles. The van der Waals surface area contributed by atoms with Crippen molar-refractivity contribution < 1.29 is 45.4 Å². The number of rotatable bonds is 6. The number of piperidine rings is 1. The number of pyridine rings is 1. The zero-order valence-electron chi connectivity index (χ0n) is 18.7. The van der Waals surface area contributed by atoms with Crippen molar-refractivity contribution in [3.05, 3.63) is 57.2 Å². The number of amides is 1. The fraction of sp³-hybridized carbons (Fsp3) is 0.409. The van der Waals surface area contributed by atoms with Crippen LogP contribution in [0.1, 0.15) is 35.8 Å². The van der Waals surface area contributed by atoms with Crippen molar-refractivity contribution in [2.75, 3.05) is 13.1 Å². The van der Waals surface area contributed by atoms with Gasteiger partial charge in [-0.1, -0.05) is 29.3 Å². The molecule has 202 valence electrons. The van der Waals surface area contributed by atoms with Crippen molar-refractivity contribution >= 4 is 35.1 Å². The molecule has 1 aliphatic rings. The number of likely N-dealkylation sites (tertiary alicyclic amines) is 1. The zero-order valence-corrected chi connectivity index (χ0v) is 20.2. The lowest BCUT2D eigenvalue weighted by Crippen LogP contribution is -2.47. The lowest BCUT2D eigenvalue weighted by Gasteiger charge is -2.34. The number of hydrogen-bond acceptors (Lipinski definition) is 6. The van der Waals surface area contributed by atoms with Gasteiger partial charge in [0.05, 0.1) is 16.6 Å². The SMILES string of the molecule is NCc1cc(O[C@H]2CCCN(C(=O)C(OC(=O)C(F)(F)F)c3ccc(Cl)c(Cl)c3)C2)nc(C(F)(F)F)c1. The van der Waals surface area contributed by atoms with Crippen molar-refractivity contribution in [1.29, 1.82) is 0 Å². The van der Waals surface area contributed by atoms with Crippen LogP contribution in [0.25, 0.3) is 0 Å². The van der Waals surface area contributed by atoms with Crippen LogP contribution in [0, 0.1) is 0 Å². The van der Waals surface area contributed by atoms with Gasteiger partial charge < -0.3 is 20.1 Å². The molecule has 0 aliphatic carbocycles. The van der Waals surface area contributed by atoms with Crippen LogP contribution in [0.15, 0.2) is 30.3 Å².